The molecule has 0 N–H and O–H groups in total. The van der Waals surface area contributed by atoms with Crippen LogP contribution in [0.15, 0.2) is 41.0 Å². The maximum absolute atomic E-state index is 4.54. The van der Waals surface area contributed by atoms with Crippen LogP contribution in [0.1, 0.15) is 42.3 Å². The van der Waals surface area contributed by atoms with Crippen LogP contribution in [0.25, 0.3) is 0 Å². The van der Waals surface area contributed by atoms with Crippen LogP contribution in [0.5, 0.6) is 0 Å². The van der Waals surface area contributed by atoms with Gasteiger partial charge in [-0.25, -0.2) is 0 Å². The SMILES string of the molecule is CCc1ccc([C@@H](C)N2CCc3ccc(Br)cc3C2)cn1. The summed E-state index contributed by atoms with van der Waals surface area (Å²) < 4.78 is 1.17. The zero-order valence-corrected chi connectivity index (χ0v) is 14.2. The highest BCUT2D eigenvalue weighted by molar-refractivity contribution is 9.10. The summed E-state index contributed by atoms with van der Waals surface area (Å²) in [6, 6.07) is 11.4. The molecule has 1 aliphatic rings. The first-order valence-corrected chi connectivity index (χ1v) is 8.43. The van der Waals surface area contributed by atoms with Crippen molar-refractivity contribution in [2.75, 3.05) is 6.54 Å². The fourth-order valence-corrected chi connectivity index (χ4v) is 3.39. The molecular formula is C18H21BrN2. The van der Waals surface area contributed by atoms with E-state index < -0.39 is 0 Å². The van der Waals surface area contributed by atoms with E-state index in [0.717, 1.165) is 25.9 Å². The van der Waals surface area contributed by atoms with Crippen LogP contribution in [0.3, 0.4) is 0 Å². The van der Waals surface area contributed by atoms with E-state index in [1.165, 1.54) is 26.9 Å². The fourth-order valence-electron chi connectivity index (χ4n) is 2.98. The lowest BCUT2D eigenvalue weighted by Crippen LogP contribution is -2.32. The summed E-state index contributed by atoms with van der Waals surface area (Å²) in [4.78, 5) is 7.08. The summed E-state index contributed by atoms with van der Waals surface area (Å²) in [7, 11) is 0. The predicted octanol–water partition coefficient (Wildman–Crippen LogP) is 4.53. The maximum atomic E-state index is 4.54. The van der Waals surface area contributed by atoms with Crippen molar-refractivity contribution in [2.45, 2.75) is 39.3 Å². The maximum Gasteiger partial charge on any atom is 0.0401 e. The van der Waals surface area contributed by atoms with E-state index in [0.29, 0.717) is 6.04 Å². The van der Waals surface area contributed by atoms with Crippen LogP contribution in [-0.2, 0) is 19.4 Å². The monoisotopic (exact) mass is 344 g/mol. The van der Waals surface area contributed by atoms with Gasteiger partial charge in [0.25, 0.3) is 0 Å². The van der Waals surface area contributed by atoms with E-state index in [2.05, 4.69) is 70.0 Å². The summed E-state index contributed by atoms with van der Waals surface area (Å²) in [5.74, 6) is 0. The van der Waals surface area contributed by atoms with Gasteiger partial charge in [-0.1, -0.05) is 35.0 Å². The molecule has 21 heavy (non-hydrogen) atoms. The molecule has 0 saturated carbocycles. The van der Waals surface area contributed by atoms with Crippen LogP contribution in [0, 0.1) is 0 Å². The van der Waals surface area contributed by atoms with Crippen molar-refractivity contribution < 1.29 is 0 Å². The molecule has 0 fully saturated rings. The number of aryl methyl sites for hydroxylation is 1. The van der Waals surface area contributed by atoms with Crippen molar-refractivity contribution in [3.05, 3.63) is 63.4 Å². The topological polar surface area (TPSA) is 16.1 Å². The molecule has 1 aromatic heterocycles. The standard InChI is InChI=1S/C18H21BrN2/c1-3-18-7-5-15(11-20-18)13(2)21-9-8-14-4-6-17(19)10-16(14)12-21/h4-7,10-11,13H,3,8-9,12H2,1-2H3/t13-/m1/s1. The minimum Gasteiger partial charge on any atom is -0.292 e. The Labute approximate surface area is 135 Å². The van der Waals surface area contributed by atoms with Gasteiger partial charge in [0.1, 0.15) is 0 Å². The third kappa shape index (κ3) is 3.19. The van der Waals surface area contributed by atoms with Crippen LogP contribution in [0.2, 0.25) is 0 Å². The largest absolute Gasteiger partial charge is 0.292 e. The molecule has 2 aromatic rings. The number of fused-ring (bicyclic) bond motifs is 1. The lowest BCUT2D eigenvalue weighted by Gasteiger charge is -2.34. The third-order valence-corrected chi connectivity index (χ3v) is 4.94. The Morgan fingerprint density at radius 1 is 1.24 bits per heavy atom. The average molecular weight is 345 g/mol. The first-order chi connectivity index (χ1) is 10.2. The molecule has 0 amide bonds. The van der Waals surface area contributed by atoms with E-state index >= 15 is 0 Å². The Morgan fingerprint density at radius 3 is 2.81 bits per heavy atom. The number of hydrogen-bond donors (Lipinski definition) is 0. The van der Waals surface area contributed by atoms with E-state index in [-0.39, 0.29) is 0 Å². The number of hydrogen-bond acceptors (Lipinski definition) is 2. The molecule has 1 atom stereocenters. The minimum atomic E-state index is 0.413. The lowest BCUT2D eigenvalue weighted by molar-refractivity contribution is 0.192. The molecule has 2 heterocycles. The van der Waals surface area contributed by atoms with Gasteiger partial charge in [-0.15, -0.1) is 0 Å². The predicted molar refractivity (Wildman–Crippen MR) is 90.3 cm³/mol. The van der Waals surface area contributed by atoms with E-state index in [1.807, 2.05) is 6.20 Å². The van der Waals surface area contributed by atoms with Gasteiger partial charge in [0.2, 0.25) is 0 Å². The molecule has 0 bridgehead atoms. The smallest absolute Gasteiger partial charge is 0.0401 e. The second-order valence-corrected chi connectivity index (χ2v) is 6.66. The molecule has 2 nitrogen and oxygen atoms in total. The number of aromatic nitrogens is 1. The molecule has 1 aliphatic heterocycles. The van der Waals surface area contributed by atoms with Crippen molar-refractivity contribution in [2.24, 2.45) is 0 Å². The Bertz CT molecular complexity index is 622. The number of rotatable bonds is 3. The molecule has 0 radical (unpaired) electrons. The zero-order valence-electron chi connectivity index (χ0n) is 12.6. The van der Waals surface area contributed by atoms with Gasteiger partial charge < -0.3 is 0 Å². The highest BCUT2D eigenvalue weighted by atomic mass is 79.9. The minimum absolute atomic E-state index is 0.413. The summed E-state index contributed by atoms with van der Waals surface area (Å²) in [6.07, 6.45) is 4.17. The second-order valence-electron chi connectivity index (χ2n) is 5.75. The van der Waals surface area contributed by atoms with E-state index in [9.17, 15) is 0 Å². The van der Waals surface area contributed by atoms with Gasteiger partial charge in [-0.2, -0.15) is 0 Å². The average Bonchev–Trinajstić information content (AvgIpc) is 2.53. The molecule has 0 spiro atoms. The Balaban J connectivity index is 1.78. The Hall–Kier alpha value is -1.19. The van der Waals surface area contributed by atoms with Crippen molar-refractivity contribution in [3.63, 3.8) is 0 Å². The summed E-state index contributed by atoms with van der Waals surface area (Å²) in [5.41, 5.74) is 5.41. The zero-order chi connectivity index (χ0) is 14.8. The molecular weight excluding hydrogens is 324 g/mol. The van der Waals surface area contributed by atoms with Gasteiger partial charge in [-0.3, -0.25) is 9.88 Å². The van der Waals surface area contributed by atoms with Gasteiger partial charge in [0.05, 0.1) is 0 Å². The van der Waals surface area contributed by atoms with Crippen molar-refractivity contribution in [3.8, 4) is 0 Å². The molecule has 0 aliphatic carbocycles. The van der Waals surface area contributed by atoms with Crippen LogP contribution >= 0.6 is 15.9 Å². The van der Waals surface area contributed by atoms with Crippen molar-refractivity contribution in [1.82, 2.24) is 9.88 Å². The summed E-state index contributed by atoms with van der Waals surface area (Å²) in [6.45, 7) is 6.56. The van der Waals surface area contributed by atoms with E-state index in [1.54, 1.807) is 0 Å². The molecule has 0 saturated heterocycles. The second kappa shape index (κ2) is 6.29. The normalized spacial score (nSPS) is 16.5. The van der Waals surface area contributed by atoms with Crippen molar-refractivity contribution >= 4 is 15.9 Å². The van der Waals surface area contributed by atoms with Gasteiger partial charge in [-0.05, 0) is 54.7 Å². The molecule has 110 valence electrons. The molecule has 1 aromatic carbocycles. The van der Waals surface area contributed by atoms with Crippen LogP contribution < -0.4 is 0 Å². The van der Waals surface area contributed by atoms with Crippen LogP contribution in [-0.4, -0.2) is 16.4 Å². The Kier molecular flexibility index (Phi) is 4.41. The van der Waals surface area contributed by atoms with Crippen molar-refractivity contribution in [1.29, 1.82) is 0 Å². The van der Waals surface area contributed by atoms with E-state index in [4.69, 9.17) is 0 Å². The third-order valence-electron chi connectivity index (χ3n) is 4.45. The summed E-state index contributed by atoms with van der Waals surface area (Å²) >= 11 is 3.58. The number of benzene rings is 1. The quantitative estimate of drug-likeness (QED) is 0.813. The highest BCUT2D eigenvalue weighted by Crippen LogP contribution is 2.28. The molecule has 3 heteroatoms. The first kappa shape index (κ1) is 14.7. The number of nitrogens with zero attached hydrogens (tertiary/aromatic N) is 2. The summed E-state index contributed by atoms with van der Waals surface area (Å²) in [5, 5.41) is 0. The molecule has 0 unspecified atom stereocenters. The van der Waals surface area contributed by atoms with Gasteiger partial charge in [0.15, 0.2) is 0 Å². The first-order valence-electron chi connectivity index (χ1n) is 7.63. The van der Waals surface area contributed by atoms with Gasteiger partial charge >= 0.3 is 0 Å². The highest BCUT2D eigenvalue weighted by Gasteiger charge is 2.21. The number of halogens is 1. The lowest BCUT2D eigenvalue weighted by atomic mass is 9.97. The number of pyridine rings is 1. The fraction of sp³-hybridized carbons (Fsp3) is 0.389. The van der Waals surface area contributed by atoms with Gasteiger partial charge in [0, 0.05) is 35.5 Å². The Morgan fingerprint density at radius 2 is 2.10 bits per heavy atom. The van der Waals surface area contributed by atoms with Crippen LogP contribution in [0.4, 0.5) is 0 Å². The molecule has 3 rings (SSSR count).